The minimum atomic E-state index is -0.478. The molecule has 1 aromatic rings. The second-order valence-corrected chi connectivity index (χ2v) is 3.95. The van der Waals surface area contributed by atoms with E-state index >= 15 is 0 Å². The Hall–Kier alpha value is -2.37. The van der Waals surface area contributed by atoms with Gasteiger partial charge in [-0.1, -0.05) is 0 Å². The van der Waals surface area contributed by atoms with Crippen molar-refractivity contribution in [2.24, 2.45) is 0 Å². The second kappa shape index (κ2) is 4.48. The number of carbonyl (C=O) groups is 3. The number of hydrogen-bond acceptors (Lipinski definition) is 4. The number of carbonyl (C=O) groups excluding carboxylic acids is 3. The summed E-state index contributed by atoms with van der Waals surface area (Å²) in [4.78, 5) is 36.3. The fourth-order valence-corrected chi connectivity index (χ4v) is 1.85. The van der Waals surface area contributed by atoms with E-state index in [2.05, 4.69) is 5.32 Å². The molecule has 0 aliphatic carbocycles. The lowest BCUT2D eigenvalue weighted by Crippen LogP contribution is -2.40. The van der Waals surface area contributed by atoms with Gasteiger partial charge in [0.05, 0.1) is 11.1 Å². The highest BCUT2D eigenvalue weighted by molar-refractivity contribution is 6.22. The van der Waals surface area contributed by atoms with Crippen molar-refractivity contribution in [3.63, 3.8) is 0 Å². The monoisotopic (exact) mass is 247 g/mol. The van der Waals surface area contributed by atoms with E-state index in [-0.39, 0.29) is 18.0 Å². The molecule has 94 valence electrons. The van der Waals surface area contributed by atoms with Gasteiger partial charge in [0.2, 0.25) is 5.91 Å². The number of imide groups is 1. The third-order valence-electron chi connectivity index (χ3n) is 2.67. The van der Waals surface area contributed by atoms with E-state index in [4.69, 9.17) is 5.73 Å². The molecule has 6 nitrogen and oxygen atoms in total. The molecular formula is C12H13N3O3. The fourth-order valence-electron chi connectivity index (χ4n) is 1.85. The van der Waals surface area contributed by atoms with E-state index in [9.17, 15) is 14.4 Å². The Morgan fingerprint density at radius 1 is 1.28 bits per heavy atom. The van der Waals surface area contributed by atoms with Crippen LogP contribution in [0.2, 0.25) is 0 Å². The highest BCUT2D eigenvalue weighted by Crippen LogP contribution is 2.24. The molecular weight excluding hydrogens is 234 g/mol. The molecule has 3 N–H and O–H groups in total. The highest BCUT2D eigenvalue weighted by atomic mass is 16.2. The van der Waals surface area contributed by atoms with Crippen LogP contribution in [0, 0.1) is 0 Å². The maximum Gasteiger partial charge on any atom is 0.262 e. The fraction of sp³-hybridized carbons (Fsp3) is 0.250. The molecule has 0 aromatic heterocycles. The lowest BCUT2D eigenvalue weighted by atomic mass is 10.1. The topological polar surface area (TPSA) is 92.5 Å². The zero-order chi connectivity index (χ0) is 13.3. The molecule has 0 radical (unpaired) electrons. The number of nitrogens with one attached hydrogen (secondary N) is 1. The SMILES string of the molecule is CCNC(=O)CN1C(=O)c2ccc(N)cc2C1=O. The van der Waals surface area contributed by atoms with Gasteiger partial charge in [-0.3, -0.25) is 19.3 Å². The van der Waals surface area contributed by atoms with Gasteiger partial charge in [0.25, 0.3) is 11.8 Å². The smallest absolute Gasteiger partial charge is 0.262 e. The van der Waals surface area contributed by atoms with E-state index in [0.29, 0.717) is 17.8 Å². The van der Waals surface area contributed by atoms with Crippen LogP contribution in [0.15, 0.2) is 18.2 Å². The Balaban J connectivity index is 2.26. The molecule has 6 heteroatoms. The summed E-state index contributed by atoms with van der Waals surface area (Å²) in [5.74, 6) is -1.30. The number of amides is 3. The molecule has 0 spiro atoms. The summed E-state index contributed by atoms with van der Waals surface area (Å²) in [5, 5.41) is 2.54. The third-order valence-corrected chi connectivity index (χ3v) is 2.67. The summed E-state index contributed by atoms with van der Waals surface area (Å²) in [6.07, 6.45) is 0. The van der Waals surface area contributed by atoms with Crippen LogP contribution in [0.4, 0.5) is 5.69 Å². The van der Waals surface area contributed by atoms with E-state index in [1.165, 1.54) is 12.1 Å². The van der Waals surface area contributed by atoms with Crippen molar-refractivity contribution in [1.29, 1.82) is 0 Å². The average molecular weight is 247 g/mol. The van der Waals surface area contributed by atoms with Crippen LogP contribution in [0.3, 0.4) is 0 Å². The molecule has 2 rings (SSSR count). The first kappa shape index (κ1) is 12.1. The third kappa shape index (κ3) is 1.92. The van der Waals surface area contributed by atoms with Crippen molar-refractivity contribution >= 4 is 23.4 Å². The first-order valence-corrected chi connectivity index (χ1v) is 5.57. The minimum absolute atomic E-state index is 0.254. The standard InChI is InChI=1S/C12H13N3O3/c1-2-14-10(16)6-15-11(17)8-4-3-7(13)5-9(8)12(15)18/h3-5H,2,6,13H2,1H3,(H,14,16). The minimum Gasteiger partial charge on any atom is -0.399 e. The number of likely N-dealkylation sites (N-methyl/N-ethyl adjacent to an activating group) is 1. The predicted molar refractivity (Wildman–Crippen MR) is 64.9 cm³/mol. The molecule has 0 saturated carbocycles. The lowest BCUT2D eigenvalue weighted by molar-refractivity contribution is -0.121. The number of nitrogens with zero attached hydrogens (tertiary/aromatic N) is 1. The van der Waals surface area contributed by atoms with Gasteiger partial charge < -0.3 is 11.1 Å². The van der Waals surface area contributed by atoms with Crippen LogP contribution in [0.25, 0.3) is 0 Å². The quantitative estimate of drug-likeness (QED) is 0.581. The van der Waals surface area contributed by atoms with Gasteiger partial charge in [0.1, 0.15) is 6.54 Å². The predicted octanol–water partition coefficient (Wildman–Crippen LogP) is 0.000900. The van der Waals surface area contributed by atoms with Gasteiger partial charge in [-0.05, 0) is 25.1 Å². The van der Waals surface area contributed by atoms with Crippen molar-refractivity contribution in [2.75, 3.05) is 18.8 Å². The first-order chi connectivity index (χ1) is 8.54. The molecule has 0 saturated heterocycles. The van der Waals surface area contributed by atoms with Crippen molar-refractivity contribution in [3.05, 3.63) is 29.3 Å². The maximum atomic E-state index is 12.0. The molecule has 1 aliphatic rings. The Morgan fingerprint density at radius 2 is 1.94 bits per heavy atom. The Kier molecular flexibility index (Phi) is 3.01. The van der Waals surface area contributed by atoms with Crippen molar-refractivity contribution in [3.8, 4) is 0 Å². The number of nitrogen functional groups attached to an aromatic ring is 1. The molecule has 0 atom stereocenters. The van der Waals surface area contributed by atoms with Gasteiger partial charge in [-0.15, -0.1) is 0 Å². The van der Waals surface area contributed by atoms with Crippen LogP contribution in [0.1, 0.15) is 27.6 Å². The van der Waals surface area contributed by atoms with Crippen LogP contribution >= 0.6 is 0 Å². The molecule has 0 bridgehead atoms. The van der Waals surface area contributed by atoms with Crippen molar-refractivity contribution in [2.45, 2.75) is 6.92 Å². The van der Waals surface area contributed by atoms with Gasteiger partial charge >= 0.3 is 0 Å². The van der Waals surface area contributed by atoms with Crippen molar-refractivity contribution in [1.82, 2.24) is 10.2 Å². The molecule has 0 fully saturated rings. The van der Waals surface area contributed by atoms with Crippen molar-refractivity contribution < 1.29 is 14.4 Å². The second-order valence-electron chi connectivity index (χ2n) is 3.95. The molecule has 1 heterocycles. The van der Waals surface area contributed by atoms with Gasteiger partial charge in [-0.2, -0.15) is 0 Å². The number of fused-ring (bicyclic) bond motifs is 1. The van der Waals surface area contributed by atoms with E-state index in [0.717, 1.165) is 4.90 Å². The zero-order valence-electron chi connectivity index (χ0n) is 9.90. The Bertz CT molecular complexity index is 539. The first-order valence-electron chi connectivity index (χ1n) is 5.57. The summed E-state index contributed by atoms with van der Waals surface area (Å²) >= 11 is 0. The molecule has 1 aliphatic heterocycles. The number of benzene rings is 1. The number of anilines is 1. The van der Waals surface area contributed by atoms with Gasteiger partial charge in [0.15, 0.2) is 0 Å². The van der Waals surface area contributed by atoms with E-state index in [1.54, 1.807) is 13.0 Å². The highest BCUT2D eigenvalue weighted by Gasteiger charge is 2.36. The van der Waals surface area contributed by atoms with Crippen LogP contribution in [-0.4, -0.2) is 35.7 Å². The Morgan fingerprint density at radius 3 is 2.61 bits per heavy atom. The molecule has 1 aromatic carbocycles. The number of nitrogens with two attached hydrogens (primary N) is 1. The summed E-state index contributed by atoms with van der Waals surface area (Å²) in [7, 11) is 0. The maximum absolute atomic E-state index is 12.0. The summed E-state index contributed by atoms with van der Waals surface area (Å²) in [5.41, 5.74) is 6.53. The molecule has 18 heavy (non-hydrogen) atoms. The zero-order valence-corrected chi connectivity index (χ0v) is 9.90. The molecule has 3 amide bonds. The largest absolute Gasteiger partial charge is 0.399 e. The van der Waals surface area contributed by atoms with Crippen LogP contribution < -0.4 is 11.1 Å². The average Bonchev–Trinajstić information content (AvgIpc) is 2.55. The van der Waals surface area contributed by atoms with E-state index in [1.807, 2.05) is 0 Å². The van der Waals surface area contributed by atoms with E-state index < -0.39 is 11.8 Å². The number of hydrogen-bond donors (Lipinski definition) is 2. The number of rotatable bonds is 3. The van der Waals surface area contributed by atoms with Crippen LogP contribution in [0.5, 0.6) is 0 Å². The van der Waals surface area contributed by atoms with Gasteiger partial charge in [0, 0.05) is 12.2 Å². The summed E-state index contributed by atoms with van der Waals surface area (Å²) in [6.45, 7) is 1.95. The van der Waals surface area contributed by atoms with Crippen LogP contribution in [-0.2, 0) is 4.79 Å². The lowest BCUT2D eigenvalue weighted by Gasteiger charge is -2.12. The molecule has 0 unspecified atom stereocenters. The van der Waals surface area contributed by atoms with Gasteiger partial charge in [-0.25, -0.2) is 0 Å². The summed E-state index contributed by atoms with van der Waals surface area (Å²) in [6, 6.07) is 4.51. The normalized spacial score (nSPS) is 13.7. The Labute approximate surface area is 104 Å². The summed E-state index contributed by atoms with van der Waals surface area (Å²) < 4.78 is 0.